The largest absolute Gasteiger partial charge is 0.494 e. The minimum Gasteiger partial charge on any atom is -0.494 e. The molecule has 1 fully saturated rings. The van der Waals surface area contributed by atoms with Crippen molar-refractivity contribution in [2.45, 2.75) is 70.8 Å². The van der Waals surface area contributed by atoms with Crippen LogP contribution in [0.3, 0.4) is 0 Å². The van der Waals surface area contributed by atoms with Gasteiger partial charge in [-0.1, -0.05) is 44.9 Å². The Morgan fingerprint density at radius 3 is 2.56 bits per heavy atom. The molecule has 1 saturated carbocycles. The Morgan fingerprint density at radius 2 is 1.88 bits per heavy atom. The lowest BCUT2D eigenvalue weighted by atomic mass is 9.75. The normalized spacial score (nSPS) is 25.1. The smallest absolute Gasteiger partial charge is 0.341 e. The van der Waals surface area contributed by atoms with Crippen LogP contribution in [0.5, 0.6) is 11.5 Å². The van der Waals surface area contributed by atoms with Crippen molar-refractivity contribution in [3.05, 3.63) is 59.4 Å². The summed E-state index contributed by atoms with van der Waals surface area (Å²) in [4.78, 5) is 12.8. The number of hydrogen-bond donors (Lipinski definition) is 0. The lowest BCUT2D eigenvalue weighted by Crippen LogP contribution is -2.40. The summed E-state index contributed by atoms with van der Waals surface area (Å²) in [6.45, 7) is 9.99. The first-order chi connectivity index (χ1) is 16.5. The predicted octanol–water partition coefficient (Wildman–Crippen LogP) is 6.74. The van der Waals surface area contributed by atoms with Gasteiger partial charge in [0, 0.05) is 17.4 Å². The first kappa shape index (κ1) is 24.4. The molecule has 184 valence electrons. The van der Waals surface area contributed by atoms with E-state index in [9.17, 15) is 4.79 Å². The quantitative estimate of drug-likeness (QED) is 0.217. The Kier molecular flexibility index (Phi) is 8.02. The molecule has 4 rings (SSSR count). The van der Waals surface area contributed by atoms with Crippen LogP contribution >= 0.6 is 0 Å². The number of methoxy groups -OCH3 is 1. The molecule has 1 aliphatic heterocycles. The molecule has 0 saturated heterocycles. The molecule has 0 bridgehead atoms. The van der Waals surface area contributed by atoms with E-state index < -0.39 is 5.97 Å². The van der Waals surface area contributed by atoms with E-state index in [-0.39, 0.29) is 17.9 Å². The molecule has 1 heterocycles. The monoisotopic (exact) mass is 466 g/mol. The van der Waals surface area contributed by atoms with Crippen molar-refractivity contribution in [1.29, 1.82) is 0 Å². The van der Waals surface area contributed by atoms with Gasteiger partial charge in [-0.25, -0.2) is 4.79 Å². The van der Waals surface area contributed by atoms with E-state index >= 15 is 0 Å². The molecule has 0 N–H and O–H groups in total. The maximum Gasteiger partial charge on any atom is 0.341 e. The van der Waals surface area contributed by atoms with Crippen LogP contribution in [-0.4, -0.2) is 32.4 Å². The van der Waals surface area contributed by atoms with Crippen molar-refractivity contribution in [2.24, 2.45) is 11.8 Å². The zero-order valence-corrected chi connectivity index (χ0v) is 20.8. The van der Waals surface area contributed by atoms with E-state index in [1.54, 1.807) is 6.07 Å². The molecule has 0 radical (unpaired) electrons. The highest BCUT2D eigenvalue weighted by atomic mass is 16.5. The highest BCUT2D eigenvalue weighted by molar-refractivity contribution is 5.94. The fourth-order valence-electron chi connectivity index (χ4n) is 5.35. The third-order valence-electron chi connectivity index (χ3n) is 7.18. The summed E-state index contributed by atoms with van der Waals surface area (Å²) in [5.41, 5.74) is 2.74. The van der Waals surface area contributed by atoms with E-state index in [0.29, 0.717) is 29.6 Å². The number of carbonyl (C=O) groups is 1. The fraction of sp³-hybridized carbons (Fsp3) is 0.552. The highest BCUT2D eigenvalue weighted by Gasteiger charge is 2.46. The van der Waals surface area contributed by atoms with Crippen LogP contribution < -0.4 is 9.47 Å². The number of ether oxygens (including phenoxy) is 4. The molecule has 5 nitrogen and oxygen atoms in total. The maximum absolute atomic E-state index is 12.8. The third-order valence-corrected chi connectivity index (χ3v) is 7.18. The van der Waals surface area contributed by atoms with Gasteiger partial charge in [-0.2, -0.15) is 0 Å². The molecule has 5 heteroatoms. The second-order valence-corrected chi connectivity index (χ2v) is 9.66. The van der Waals surface area contributed by atoms with Crippen LogP contribution in [-0.2, 0) is 9.47 Å². The number of allylic oxidation sites excluding steroid dienone is 3. The van der Waals surface area contributed by atoms with Crippen LogP contribution in [0, 0.1) is 11.8 Å². The number of carbonyl (C=O) groups excluding carboxylic acids is 1. The average Bonchev–Trinajstić information content (AvgIpc) is 3.25. The highest BCUT2D eigenvalue weighted by Crippen LogP contribution is 2.54. The van der Waals surface area contributed by atoms with E-state index in [4.69, 9.17) is 18.9 Å². The van der Waals surface area contributed by atoms with Crippen molar-refractivity contribution in [2.75, 3.05) is 20.3 Å². The summed E-state index contributed by atoms with van der Waals surface area (Å²) in [7, 11) is 1.41. The third kappa shape index (κ3) is 5.18. The van der Waals surface area contributed by atoms with Crippen molar-refractivity contribution < 1.29 is 23.7 Å². The Labute approximate surface area is 203 Å². The number of fused-ring (bicyclic) bond motifs is 3. The Hall–Kier alpha value is -2.69. The van der Waals surface area contributed by atoms with Crippen LogP contribution in [0.2, 0.25) is 0 Å². The second kappa shape index (κ2) is 11.2. The molecule has 0 aromatic heterocycles. The molecule has 34 heavy (non-hydrogen) atoms. The van der Waals surface area contributed by atoms with Gasteiger partial charge >= 0.3 is 5.97 Å². The molecule has 1 aromatic carbocycles. The van der Waals surface area contributed by atoms with Crippen LogP contribution in [0.25, 0.3) is 0 Å². The molecular weight excluding hydrogens is 428 g/mol. The summed E-state index contributed by atoms with van der Waals surface area (Å²) in [5, 5.41) is 0. The van der Waals surface area contributed by atoms with Crippen LogP contribution in [0.1, 0.15) is 80.6 Å². The minimum atomic E-state index is -0.392. The molecule has 1 aromatic rings. The summed E-state index contributed by atoms with van der Waals surface area (Å²) >= 11 is 0. The van der Waals surface area contributed by atoms with E-state index in [0.717, 1.165) is 62.9 Å². The summed E-state index contributed by atoms with van der Waals surface area (Å²) in [5.74, 6) is 2.71. The zero-order valence-electron chi connectivity index (χ0n) is 20.8. The lowest BCUT2D eigenvalue weighted by molar-refractivity contribution is 0.0529. The van der Waals surface area contributed by atoms with E-state index in [1.807, 2.05) is 0 Å². The van der Waals surface area contributed by atoms with Gasteiger partial charge in [-0.15, -0.1) is 0 Å². The standard InChI is InChI=1S/C29H38O5/c1-5-7-13-32-21-11-9-20(10-12-21)27-24-16-19(3)15-23(24)25-17-22(33-14-8-6-2)18-26(28(25)34-27)29(30)31-4/h9,11-12,17-18,20,23-24,27H,3,5-8,10,13-16H2,1-2,4H3/t20?,23-,24+,27+/m1/s1. The van der Waals surface area contributed by atoms with Crippen molar-refractivity contribution >= 4 is 5.97 Å². The Morgan fingerprint density at radius 1 is 1.12 bits per heavy atom. The van der Waals surface area contributed by atoms with Gasteiger partial charge in [-0.3, -0.25) is 0 Å². The van der Waals surface area contributed by atoms with Gasteiger partial charge in [0.05, 0.1) is 20.3 Å². The number of unbranched alkanes of at least 4 members (excludes halogenated alkanes) is 2. The first-order valence-electron chi connectivity index (χ1n) is 12.8. The summed E-state index contributed by atoms with van der Waals surface area (Å²) < 4.78 is 23.7. The first-order valence-corrected chi connectivity index (χ1v) is 12.8. The lowest BCUT2D eigenvalue weighted by Gasteiger charge is -2.40. The predicted molar refractivity (Wildman–Crippen MR) is 133 cm³/mol. The summed E-state index contributed by atoms with van der Waals surface area (Å²) in [6.07, 6.45) is 13.4. The number of esters is 1. The van der Waals surface area contributed by atoms with Gasteiger partial charge < -0.3 is 18.9 Å². The molecule has 2 aliphatic carbocycles. The van der Waals surface area contributed by atoms with E-state index in [2.05, 4.69) is 44.7 Å². The van der Waals surface area contributed by atoms with Crippen molar-refractivity contribution in [3.8, 4) is 11.5 Å². The topological polar surface area (TPSA) is 54.0 Å². The van der Waals surface area contributed by atoms with Gasteiger partial charge in [0.15, 0.2) is 0 Å². The van der Waals surface area contributed by atoms with Crippen LogP contribution in [0.4, 0.5) is 0 Å². The Balaban J connectivity index is 1.62. The van der Waals surface area contributed by atoms with Gasteiger partial charge in [0.25, 0.3) is 0 Å². The Bertz CT molecular complexity index is 960. The van der Waals surface area contributed by atoms with Gasteiger partial charge in [-0.05, 0) is 62.3 Å². The summed E-state index contributed by atoms with van der Waals surface area (Å²) in [6, 6.07) is 3.85. The molecule has 0 spiro atoms. The minimum absolute atomic E-state index is 0.0308. The van der Waals surface area contributed by atoms with Crippen molar-refractivity contribution in [3.63, 3.8) is 0 Å². The molecule has 3 aliphatic rings. The van der Waals surface area contributed by atoms with Gasteiger partial charge in [0.1, 0.15) is 28.9 Å². The average molecular weight is 467 g/mol. The molecular formula is C29H38O5. The SMILES string of the molecule is C=C1C[C@H]2[C@@H](C1)c1cc(OCCCC)cc(C(=O)OC)c1O[C@H]2C1C=CC(OCCCC)=CC1. The second-order valence-electron chi connectivity index (χ2n) is 9.66. The van der Waals surface area contributed by atoms with Crippen LogP contribution in [0.15, 0.2) is 48.3 Å². The molecule has 4 atom stereocenters. The van der Waals surface area contributed by atoms with E-state index in [1.165, 1.54) is 12.7 Å². The number of rotatable bonds is 10. The van der Waals surface area contributed by atoms with Gasteiger partial charge in [0.2, 0.25) is 0 Å². The molecule has 0 amide bonds. The fourth-order valence-corrected chi connectivity index (χ4v) is 5.35. The van der Waals surface area contributed by atoms with Crippen molar-refractivity contribution in [1.82, 2.24) is 0 Å². The number of benzene rings is 1. The maximum atomic E-state index is 12.8. The number of hydrogen-bond acceptors (Lipinski definition) is 5. The zero-order chi connectivity index (χ0) is 24.1. The molecule has 1 unspecified atom stereocenters.